The lowest BCUT2D eigenvalue weighted by Gasteiger charge is -2.40. The first kappa shape index (κ1) is 17.9. The van der Waals surface area contributed by atoms with Crippen LogP contribution in [0.1, 0.15) is 30.1 Å². The van der Waals surface area contributed by atoms with Gasteiger partial charge in [-0.25, -0.2) is 4.39 Å². The van der Waals surface area contributed by atoms with Crippen LogP contribution < -0.4 is 4.74 Å². The standard InChI is InChI=1S/C20H24FNO3/c1-25-19-6-3-2-5-17(19)20(24)11-4-12-22(14-20)13-18(23)15-7-9-16(21)10-8-15/h2-3,5-10,18,23-24H,4,11-14H2,1H3/t18-,20+/m0/s1. The highest BCUT2D eigenvalue weighted by atomic mass is 19.1. The molecule has 5 heteroatoms. The van der Waals surface area contributed by atoms with Crippen molar-refractivity contribution in [2.24, 2.45) is 0 Å². The number of likely N-dealkylation sites (tertiary alicyclic amines) is 1. The second-order valence-corrected chi connectivity index (χ2v) is 6.64. The molecular formula is C20H24FNO3. The average molecular weight is 345 g/mol. The third-order valence-electron chi connectivity index (χ3n) is 4.84. The van der Waals surface area contributed by atoms with Crippen molar-refractivity contribution >= 4 is 0 Å². The zero-order valence-electron chi connectivity index (χ0n) is 14.4. The Labute approximate surface area is 147 Å². The Morgan fingerprint density at radius 3 is 2.64 bits per heavy atom. The van der Waals surface area contributed by atoms with Crippen LogP contribution in [0, 0.1) is 5.82 Å². The van der Waals surface area contributed by atoms with Crippen molar-refractivity contribution < 1.29 is 19.3 Å². The Morgan fingerprint density at radius 1 is 1.20 bits per heavy atom. The van der Waals surface area contributed by atoms with Gasteiger partial charge in [-0.2, -0.15) is 0 Å². The summed E-state index contributed by atoms with van der Waals surface area (Å²) in [7, 11) is 1.60. The van der Waals surface area contributed by atoms with Crippen LogP contribution >= 0.6 is 0 Å². The number of β-amino-alcohol motifs (C(OH)–C–C–N with tert-alkyl or cyclic N) is 2. The molecule has 1 saturated heterocycles. The number of para-hydroxylation sites is 1. The first-order chi connectivity index (χ1) is 12.0. The predicted octanol–water partition coefficient (Wildman–Crippen LogP) is 2.85. The van der Waals surface area contributed by atoms with Crippen LogP contribution in [0.2, 0.25) is 0 Å². The molecule has 0 bridgehead atoms. The van der Waals surface area contributed by atoms with E-state index < -0.39 is 11.7 Å². The summed E-state index contributed by atoms with van der Waals surface area (Å²) in [5.74, 6) is 0.352. The summed E-state index contributed by atoms with van der Waals surface area (Å²) >= 11 is 0. The lowest BCUT2D eigenvalue weighted by Crippen LogP contribution is -2.47. The van der Waals surface area contributed by atoms with Crippen molar-refractivity contribution in [3.63, 3.8) is 0 Å². The SMILES string of the molecule is COc1ccccc1[C@@]1(O)CCCN(C[C@H](O)c2ccc(F)cc2)C1. The number of aliphatic hydroxyl groups excluding tert-OH is 1. The van der Waals surface area contributed by atoms with E-state index >= 15 is 0 Å². The summed E-state index contributed by atoms with van der Waals surface area (Å²) in [5, 5.41) is 21.6. The molecule has 25 heavy (non-hydrogen) atoms. The molecule has 2 atom stereocenters. The number of hydrogen-bond donors (Lipinski definition) is 2. The number of aliphatic hydroxyl groups is 2. The summed E-state index contributed by atoms with van der Waals surface area (Å²) in [6.45, 7) is 1.62. The highest BCUT2D eigenvalue weighted by molar-refractivity contribution is 5.38. The Kier molecular flexibility index (Phi) is 5.37. The smallest absolute Gasteiger partial charge is 0.124 e. The minimum absolute atomic E-state index is 0.320. The van der Waals surface area contributed by atoms with Crippen LogP contribution in [-0.2, 0) is 5.60 Å². The third-order valence-corrected chi connectivity index (χ3v) is 4.84. The van der Waals surface area contributed by atoms with Crippen LogP contribution in [0.15, 0.2) is 48.5 Å². The average Bonchev–Trinajstić information content (AvgIpc) is 2.62. The number of benzene rings is 2. The van der Waals surface area contributed by atoms with E-state index in [4.69, 9.17) is 4.74 Å². The van der Waals surface area contributed by atoms with Crippen LogP contribution in [0.3, 0.4) is 0 Å². The fraction of sp³-hybridized carbons (Fsp3) is 0.400. The van der Waals surface area contributed by atoms with Crippen LogP contribution in [0.4, 0.5) is 4.39 Å². The molecule has 0 spiro atoms. The maximum Gasteiger partial charge on any atom is 0.124 e. The Bertz CT molecular complexity index is 706. The maximum absolute atomic E-state index is 13.0. The minimum Gasteiger partial charge on any atom is -0.496 e. The van der Waals surface area contributed by atoms with Crippen LogP contribution in [-0.4, -0.2) is 41.9 Å². The molecular weight excluding hydrogens is 321 g/mol. The number of ether oxygens (including phenoxy) is 1. The van der Waals surface area contributed by atoms with Gasteiger partial charge in [-0.15, -0.1) is 0 Å². The monoisotopic (exact) mass is 345 g/mol. The fourth-order valence-corrected chi connectivity index (χ4v) is 3.56. The first-order valence-electron chi connectivity index (χ1n) is 8.53. The molecule has 1 aliphatic heterocycles. The summed E-state index contributed by atoms with van der Waals surface area (Å²) in [4.78, 5) is 2.05. The summed E-state index contributed by atoms with van der Waals surface area (Å²) in [5.41, 5.74) is 0.444. The highest BCUT2D eigenvalue weighted by Crippen LogP contribution is 2.37. The molecule has 0 unspecified atom stereocenters. The third kappa shape index (κ3) is 4.00. The van der Waals surface area contributed by atoms with Gasteiger partial charge < -0.3 is 14.9 Å². The van der Waals surface area contributed by atoms with E-state index in [-0.39, 0.29) is 5.82 Å². The van der Waals surface area contributed by atoms with E-state index in [2.05, 4.69) is 0 Å². The van der Waals surface area contributed by atoms with Gasteiger partial charge in [0.05, 0.1) is 13.2 Å². The van der Waals surface area contributed by atoms with Crippen LogP contribution in [0.5, 0.6) is 5.75 Å². The summed E-state index contributed by atoms with van der Waals surface area (Å²) in [6.07, 6.45) is 0.752. The van der Waals surface area contributed by atoms with Gasteiger partial charge in [-0.3, -0.25) is 4.90 Å². The lowest BCUT2D eigenvalue weighted by molar-refractivity contribution is -0.0474. The molecule has 1 fully saturated rings. The van der Waals surface area contributed by atoms with E-state index in [1.165, 1.54) is 12.1 Å². The van der Waals surface area contributed by atoms with Gasteiger partial charge in [0.1, 0.15) is 17.2 Å². The second-order valence-electron chi connectivity index (χ2n) is 6.64. The van der Waals surface area contributed by atoms with E-state index in [1.807, 2.05) is 29.2 Å². The van der Waals surface area contributed by atoms with Gasteiger partial charge in [-0.05, 0) is 43.1 Å². The van der Waals surface area contributed by atoms with Crippen molar-refractivity contribution in [1.29, 1.82) is 0 Å². The molecule has 1 aliphatic rings. The van der Waals surface area contributed by atoms with Gasteiger partial charge >= 0.3 is 0 Å². The number of piperidine rings is 1. The normalized spacial score (nSPS) is 22.6. The number of methoxy groups -OCH3 is 1. The van der Waals surface area contributed by atoms with Gasteiger partial charge in [0, 0.05) is 18.7 Å². The molecule has 0 radical (unpaired) electrons. The maximum atomic E-state index is 13.0. The number of hydrogen-bond acceptors (Lipinski definition) is 4. The largest absolute Gasteiger partial charge is 0.496 e. The van der Waals surface area contributed by atoms with Crippen LogP contribution in [0.25, 0.3) is 0 Å². The van der Waals surface area contributed by atoms with Crippen molar-refractivity contribution in [3.8, 4) is 5.75 Å². The molecule has 4 nitrogen and oxygen atoms in total. The lowest BCUT2D eigenvalue weighted by atomic mass is 9.85. The van der Waals surface area contributed by atoms with E-state index in [0.717, 1.165) is 18.5 Å². The Balaban J connectivity index is 1.73. The number of nitrogens with zero attached hydrogens (tertiary/aromatic N) is 1. The summed E-state index contributed by atoms with van der Waals surface area (Å²) < 4.78 is 18.4. The molecule has 2 aromatic rings. The van der Waals surface area contributed by atoms with E-state index in [1.54, 1.807) is 19.2 Å². The molecule has 0 saturated carbocycles. The molecule has 0 amide bonds. The van der Waals surface area contributed by atoms with E-state index in [0.29, 0.717) is 30.8 Å². The molecule has 134 valence electrons. The molecule has 0 aromatic heterocycles. The van der Waals surface area contributed by atoms with Crippen molar-refractivity contribution in [3.05, 3.63) is 65.5 Å². The molecule has 2 N–H and O–H groups in total. The molecule has 1 heterocycles. The molecule has 0 aliphatic carbocycles. The molecule has 3 rings (SSSR count). The Morgan fingerprint density at radius 2 is 1.92 bits per heavy atom. The topological polar surface area (TPSA) is 52.9 Å². The van der Waals surface area contributed by atoms with Crippen molar-refractivity contribution in [2.45, 2.75) is 24.5 Å². The zero-order valence-corrected chi connectivity index (χ0v) is 14.4. The van der Waals surface area contributed by atoms with Gasteiger partial charge in [0.15, 0.2) is 0 Å². The minimum atomic E-state index is -1.01. The van der Waals surface area contributed by atoms with Crippen molar-refractivity contribution in [2.75, 3.05) is 26.7 Å². The summed E-state index contributed by atoms with van der Waals surface area (Å²) in [6, 6.07) is 13.4. The quantitative estimate of drug-likeness (QED) is 0.875. The first-order valence-corrected chi connectivity index (χ1v) is 8.53. The zero-order chi connectivity index (χ0) is 17.9. The number of halogens is 1. The number of rotatable bonds is 5. The van der Waals surface area contributed by atoms with Gasteiger partial charge in [-0.1, -0.05) is 30.3 Å². The second kappa shape index (κ2) is 7.52. The molecule has 2 aromatic carbocycles. The van der Waals surface area contributed by atoms with Crippen molar-refractivity contribution in [1.82, 2.24) is 4.90 Å². The fourth-order valence-electron chi connectivity index (χ4n) is 3.56. The predicted molar refractivity (Wildman–Crippen MR) is 93.9 cm³/mol. The van der Waals surface area contributed by atoms with Gasteiger partial charge in [0.25, 0.3) is 0 Å². The Hall–Kier alpha value is -1.95. The van der Waals surface area contributed by atoms with E-state index in [9.17, 15) is 14.6 Å². The van der Waals surface area contributed by atoms with Gasteiger partial charge in [0.2, 0.25) is 0 Å². The highest BCUT2D eigenvalue weighted by Gasteiger charge is 2.37.